The third-order valence-corrected chi connectivity index (χ3v) is 4.24. The molecule has 1 aliphatic heterocycles. The summed E-state index contributed by atoms with van der Waals surface area (Å²) in [6.45, 7) is -0.993. The minimum Gasteiger partial charge on any atom is -0.474 e. The number of aliphatic hydroxyl groups is 1. The van der Waals surface area contributed by atoms with Gasteiger partial charge in [0.05, 0.1) is 18.0 Å². The Morgan fingerprint density at radius 3 is 2.69 bits per heavy atom. The number of hydrogen-bond donors (Lipinski definition) is 2. The van der Waals surface area contributed by atoms with Gasteiger partial charge in [0.2, 0.25) is 12.0 Å². The second-order valence-electron chi connectivity index (χ2n) is 6.23. The number of pyridine rings is 1. The predicted octanol–water partition coefficient (Wildman–Crippen LogP) is 1.88. The van der Waals surface area contributed by atoms with Gasteiger partial charge in [-0.05, 0) is 18.3 Å². The van der Waals surface area contributed by atoms with Gasteiger partial charge in [-0.1, -0.05) is 6.07 Å². The highest BCUT2D eigenvalue weighted by molar-refractivity contribution is 6.07. The zero-order valence-electron chi connectivity index (χ0n) is 15.8. The number of amides is 1. The Bertz CT molecular complexity index is 747. The molecule has 0 spiro atoms. The molecule has 3 N–H and O–H groups in total. The molecule has 1 fully saturated rings. The Morgan fingerprint density at radius 2 is 2.14 bits per heavy atom. The Morgan fingerprint density at radius 1 is 1.45 bits per heavy atom. The van der Waals surface area contributed by atoms with Crippen molar-refractivity contribution >= 4 is 11.8 Å². The van der Waals surface area contributed by atoms with Crippen LogP contribution in [-0.4, -0.2) is 71.9 Å². The molecule has 0 aliphatic carbocycles. The van der Waals surface area contributed by atoms with Crippen LogP contribution in [0.5, 0.6) is 5.88 Å². The fourth-order valence-corrected chi connectivity index (χ4v) is 2.72. The van der Waals surface area contributed by atoms with Crippen LogP contribution in [0.4, 0.5) is 18.0 Å². The second kappa shape index (κ2) is 10.1. The molecule has 0 radical (unpaired) electrons. The highest BCUT2D eigenvalue weighted by atomic mass is 19.4. The van der Waals surface area contributed by atoms with Gasteiger partial charge in [-0.3, -0.25) is 4.99 Å². The molecule has 1 aromatic heterocycles. The van der Waals surface area contributed by atoms with Crippen LogP contribution in [0.15, 0.2) is 35.5 Å². The van der Waals surface area contributed by atoms with Gasteiger partial charge in [0.25, 0.3) is 0 Å². The van der Waals surface area contributed by atoms with Gasteiger partial charge in [0.1, 0.15) is 6.10 Å². The van der Waals surface area contributed by atoms with Crippen LogP contribution >= 0.6 is 0 Å². The highest BCUT2D eigenvalue weighted by Gasteiger charge is 2.43. The van der Waals surface area contributed by atoms with E-state index in [-0.39, 0.29) is 19.2 Å². The molecule has 1 amide bonds. The number of hydrogen-bond acceptors (Lipinski definition) is 7. The molecule has 0 bridgehead atoms. The maximum Gasteiger partial charge on any atom is 0.427 e. The number of nitrogens with two attached hydrogens (primary N) is 1. The molecule has 0 aromatic carbocycles. The quantitative estimate of drug-likeness (QED) is 0.685. The Kier molecular flexibility index (Phi) is 7.82. The molecule has 1 saturated heterocycles. The van der Waals surface area contributed by atoms with E-state index in [4.69, 9.17) is 15.6 Å². The lowest BCUT2D eigenvalue weighted by Gasteiger charge is -2.32. The lowest BCUT2D eigenvalue weighted by atomic mass is 10.1. The summed E-state index contributed by atoms with van der Waals surface area (Å²) >= 11 is 0. The topological polar surface area (TPSA) is 110 Å². The van der Waals surface area contributed by atoms with Crippen molar-refractivity contribution in [3.63, 3.8) is 0 Å². The first kappa shape index (κ1) is 22.5. The van der Waals surface area contributed by atoms with Crippen LogP contribution < -0.4 is 10.5 Å². The third-order valence-electron chi connectivity index (χ3n) is 4.24. The van der Waals surface area contributed by atoms with E-state index in [0.29, 0.717) is 30.1 Å². The molecule has 1 aliphatic rings. The van der Waals surface area contributed by atoms with E-state index in [1.54, 1.807) is 31.3 Å². The summed E-state index contributed by atoms with van der Waals surface area (Å²) in [7, 11) is 1.61. The van der Waals surface area contributed by atoms with Crippen LogP contribution in [0.2, 0.25) is 0 Å². The van der Waals surface area contributed by atoms with Crippen molar-refractivity contribution in [2.45, 2.75) is 31.2 Å². The molecule has 0 saturated carbocycles. The largest absolute Gasteiger partial charge is 0.474 e. The summed E-state index contributed by atoms with van der Waals surface area (Å²) in [5.74, 6) is 0.368. The number of aliphatic hydroxyl groups excluding tert-OH is 1. The number of ether oxygens (including phenoxy) is 2. The first-order valence-electron chi connectivity index (χ1n) is 8.90. The normalized spacial score (nSPS) is 17.4. The maximum absolute atomic E-state index is 12.6. The van der Waals surface area contributed by atoms with Gasteiger partial charge in [-0.25, -0.2) is 9.78 Å². The minimum absolute atomic E-state index is 0.163. The maximum atomic E-state index is 12.6. The Hall–Kier alpha value is -2.82. The third kappa shape index (κ3) is 6.34. The molecule has 0 unspecified atom stereocenters. The summed E-state index contributed by atoms with van der Waals surface area (Å²) in [5.41, 5.74) is 6.55. The lowest BCUT2D eigenvalue weighted by molar-refractivity contribution is -0.214. The molecule has 8 nitrogen and oxygen atoms in total. The number of aliphatic imine (C=N–C) groups is 1. The number of nitrogens with zero attached hydrogens (tertiary/aromatic N) is 3. The number of rotatable bonds is 6. The number of carbonyl (C=O) groups excluding carboxylic acids is 1. The monoisotopic (exact) mass is 416 g/mol. The van der Waals surface area contributed by atoms with E-state index in [9.17, 15) is 18.0 Å². The first-order valence-corrected chi connectivity index (χ1v) is 8.90. The average Bonchev–Trinajstić information content (AvgIpc) is 2.70. The number of halogens is 3. The van der Waals surface area contributed by atoms with Crippen molar-refractivity contribution in [2.75, 3.05) is 26.7 Å². The van der Waals surface area contributed by atoms with E-state index < -0.39 is 25.0 Å². The van der Waals surface area contributed by atoms with Crippen LogP contribution in [0.1, 0.15) is 18.5 Å². The fraction of sp³-hybridized carbons (Fsp3) is 0.500. The van der Waals surface area contributed by atoms with Gasteiger partial charge in [0.15, 0.2) is 0 Å². The zero-order chi connectivity index (χ0) is 21.4. The molecule has 160 valence electrons. The average molecular weight is 416 g/mol. The summed E-state index contributed by atoms with van der Waals surface area (Å²) in [6, 6.07) is 5.19. The fourth-order valence-electron chi connectivity index (χ4n) is 2.72. The SMILES string of the molecule is CN=C(C=CN)c1cccc(OC2CCN(C(=O)O[C@H](CO)C(F)(F)F)CC2)n1. The van der Waals surface area contributed by atoms with Crippen LogP contribution in [0, 0.1) is 0 Å². The van der Waals surface area contributed by atoms with Crippen molar-refractivity contribution in [1.29, 1.82) is 0 Å². The highest BCUT2D eigenvalue weighted by Crippen LogP contribution is 2.24. The Balaban J connectivity index is 1.91. The van der Waals surface area contributed by atoms with E-state index in [2.05, 4.69) is 14.7 Å². The standard InChI is InChI=1S/C18H23F3N4O4/c1-23-13(5-8-22)14-3-2-4-16(24-14)28-12-6-9-25(10-7-12)17(27)29-15(11-26)18(19,20)21/h2-5,8,12,15,26H,6-7,9-11,22H2,1H3/t15-/m1/s1. The summed E-state index contributed by atoms with van der Waals surface area (Å²) < 4.78 is 48.0. The van der Waals surface area contributed by atoms with Crippen molar-refractivity contribution in [2.24, 2.45) is 10.7 Å². The summed E-state index contributed by atoms with van der Waals surface area (Å²) in [6.07, 6.45) is -4.97. The smallest absolute Gasteiger partial charge is 0.427 e. The number of alkyl halides is 3. The second-order valence-corrected chi connectivity index (χ2v) is 6.23. The van der Waals surface area contributed by atoms with Gasteiger partial charge >= 0.3 is 12.3 Å². The Labute approximate surface area is 165 Å². The van der Waals surface area contributed by atoms with Crippen molar-refractivity contribution < 1.29 is 32.5 Å². The van der Waals surface area contributed by atoms with Gasteiger partial charge in [-0.15, -0.1) is 0 Å². The van der Waals surface area contributed by atoms with Crippen LogP contribution in [-0.2, 0) is 4.74 Å². The summed E-state index contributed by atoms with van der Waals surface area (Å²) in [5, 5.41) is 8.77. The molecule has 2 heterocycles. The van der Waals surface area contributed by atoms with Crippen molar-refractivity contribution in [3.8, 4) is 5.88 Å². The molecular weight excluding hydrogens is 393 g/mol. The van der Waals surface area contributed by atoms with Crippen molar-refractivity contribution in [1.82, 2.24) is 9.88 Å². The molecule has 2 rings (SSSR count). The molecule has 1 aromatic rings. The van der Waals surface area contributed by atoms with Crippen LogP contribution in [0.3, 0.4) is 0 Å². The van der Waals surface area contributed by atoms with E-state index in [1.807, 2.05) is 0 Å². The number of allylic oxidation sites excluding steroid dienone is 1. The predicted molar refractivity (Wildman–Crippen MR) is 98.7 cm³/mol. The first-order chi connectivity index (χ1) is 13.8. The van der Waals surface area contributed by atoms with Gasteiger partial charge < -0.3 is 25.2 Å². The summed E-state index contributed by atoms with van der Waals surface area (Å²) in [4.78, 5) is 21.5. The molecule has 1 atom stereocenters. The number of piperidine rings is 1. The minimum atomic E-state index is -4.82. The van der Waals surface area contributed by atoms with E-state index >= 15 is 0 Å². The number of aromatic nitrogens is 1. The molecule has 11 heteroatoms. The van der Waals surface area contributed by atoms with Gasteiger partial charge in [0, 0.05) is 39.0 Å². The molecular formula is C18H23F3N4O4. The van der Waals surface area contributed by atoms with E-state index in [0.717, 1.165) is 4.90 Å². The zero-order valence-corrected chi connectivity index (χ0v) is 15.8. The van der Waals surface area contributed by atoms with Crippen molar-refractivity contribution in [3.05, 3.63) is 36.2 Å². The van der Waals surface area contributed by atoms with Gasteiger partial charge in [-0.2, -0.15) is 13.2 Å². The molecule has 29 heavy (non-hydrogen) atoms. The lowest BCUT2D eigenvalue weighted by Crippen LogP contribution is -2.46. The number of likely N-dealkylation sites (tertiary alicyclic amines) is 1. The van der Waals surface area contributed by atoms with Crippen LogP contribution in [0.25, 0.3) is 0 Å². The van der Waals surface area contributed by atoms with E-state index in [1.165, 1.54) is 6.20 Å². The number of carbonyl (C=O) groups is 1.